The summed E-state index contributed by atoms with van der Waals surface area (Å²) in [6, 6.07) is 11.9. The van der Waals surface area contributed by atoms with E-state index < -0.39 is 5.60 Å². The average Bonchev–Trinajstić information content (AvgIpc) is 2.94. The van der Waals surface area contributed by atoms with Crippen LogP contribution < -0.4 is 10.2 Å². The van der Waals surface area contributed by atoms with Crippen molar-refractivity contribution in [3.63, 3.8) is 0 Å². The smallest absolute Gasteiger partial charge is 0.136 e. The summed E-state index contributed by atoms with van der Waals surface area (Å²) in [7, 11) is 4.04. The van der Waals surface area contributed by atoms with E-state index in [9.17, 15) is 5.11 Å². The Labute approximate surface area is 120 Å². The van der Waals surface area contributed by atoms with Crippen LogP contribution in [0.2, 0.25) is 0 Å². The summed E-state index contributed by atoms with van der Waals surface area (Å²) < 4.78 is 5.25. The predicted octanol–water partition coefficient (Wildman–Crippen LogP) is 2.34. The third-order valence-corrected chi connectivity index (χ3v) is 3.30. The van der Waals surface area contributed by atoms with Gasteiger partial charge in [-0.25, -0.2) is 0 Å². The first-order chi connectivity index (χ1) is 9.49. The maximum absolute atomic E-state index is 10.3. The van der Waals surface area contributed by atoms with Crippen molar-refractivity contribution in [1.29, 1.82) is 0 Å². The fourth-order valence-electron chi connectivity index (χ4n) is 2.03. The van der Waals surface area contributed by atoms with Gasteiger partial charge >= 0.3 is 0 Å². The third-order valence-electron chi connectivity index (χ3n) is 3.30. The summed E-state index contributed by atoms with van der Waals surface area (Å²) in [5.74, 6) is 0.577. The lowest BCUT2D eigenvalue weighted by Gasteiger charge is -2.21. The summed E-state index contributed by atoms with van der Waals surface area (Å²) in [6.45, 7) is 2.90. The molecule has 2 N–H and O–H groups in total. The number of benzene rings is 1. The Morgan fingerprint density at radius 3 is 2.45 bits per heavy atom. The Morgan fingerprint density at radius 2 is 1.90 bits per heavy atom. The van der Waals surface area contributed by atoms with Crippen molar-refractivity contribution < 1.29 is 9.52 Å². The van der Waals surface area contributed by atoms with Gasteiger partial charge in [-0.1, -0.05) is 12.1 Å². The largest absolute Gasteiger partial charge is 0.466 e. The molecule has 0 aliphatic heterocycles. The number of nitrogens with one attached hydrogen (secondary N) is 1. The van der Waals surface area contributed by atoms with Crippen LogP contribution in [0.3, 0.4) is 0 Å². The molecular formula is C16H22N2O2. The first-order valence-corrected chi connectivity index (χ1v) is 6.72. The number of aliphatic hydroxyl groups is 1. The molecule has 1 heterocycles. The maximum atomic E-state index is 10.3. The van der Waals surface area contributed by atoms with Crippen LogP contribution in [0, 0.1) is 0 Å². The van der Waals surface area contributed by atoms with Gasteiger partial charge in [0, 0.05) is 32.9 Å². The van der Waals surface area contributed by atoms with E-state index in [1.165, 1.54) is 11.3 Å². The summed E-state index contributed by atoms with van der Waals surface area (Å²) >= 11 is 0. The molecule has 1 aromatic carbocycles. The van der Waals surface area contributed by atoms with E-state index in [0.29, 0.717) is 18.8 Å². The first kappa shape index (κ1) is 14.6. The second-order valence-electron chi connectivity index (χ2n) is 5.42. The summed E-state index contributed by atoms with van der Waals surface area (Å²) in [5.41, 5.74) is 1.37. The van der Waals surface area contributed by atoms with Gasteiger partial charge in [0.2, 0.25) is 0 Å². The van der Waals surface area contributed by atoms with E-state index >= 15 is 0 Å². The zero-order valence-electron chi connectivity index (χ0n) is 12.3. The second-order valence-corrected chi connectivity index (χ2v) is 5.42. The van der Waals surface area contributed by atoms with E-state index in [-0.39, 0.29) is 0 Å². The molecule has 0 aliphatic carbocycles. The molecule has 0 fully saturated rings. The third kappa shape index (κ3) is 3.62. The highest BCUT2D eigenvalue weighted by molar-refractivity contribution is 5.45. The Bertz CT molecular complexity index is 516. The lowest BCUT2D eigenvalue weighted by molar-refractivity contribution is 0.0340. The fourth-order valence-corrected chi connectivity index (χ4v) is 2.03. The molecule has 0 bridgehead atoms. The highest BCUT2D eigenvalue weighted by atomic mass is 16.4. The molecule has 20 heavy (non-hydrogen) atoms. The number of hydrogen-bond donors (Lipinski definition) is 2. The van der Waals surface area contributed by atoms with Crippen molar-refractivity contribution in [2.24, 2.45) is 0 Å². The van der Waals surface area contributed by atoms with Crippen molar-refractivity contribution >= 4 is 5.69 Å². The van der Waals surface area contributed by atoms with E-state index in [2.05, 4.69) is 34.5 Å². The van der Waals surface area contributed by atoms with Crippen LogP contribution in [0.4, 0.5) is 5.69 Å². The van der Waals surface area contributed by atoms with Gasteiger partial charge in [-0.2, -0.15) is 0 Å². The van der Waals surface area contributed by atoms with Crippen molar-refractivity contribution in [2.75, 3.05) is 25.5 Å². The average molecular weight is 274 g/mol. The Hall–Kier alpha value is -1.78. The van der Waals surface area contributed by atoms with Gasteiger partial charge in [-0.15, -0.1) is 0 Å². The van der Waals surface area contributed by atoms with Gasteiger partial charge in [-0.05, 0) is 36.8 Å². The van der Waals surface area contributed by atoms with Crippen LogP contribution in [0.1, 0.15) is 18.2 Å². The quantitative estimate of drug-likeness (QED) is 0.849. The van der Waals surface area contributed by atoms with Crippen molar-refractivity contribution in [2.45, 2.75) is 19.1 Å². The van der Waals surface area contributed by atoms with E-state index in [4.69, 9.17) is 4.42 Å². The van der Waals surface area contributed by atoms with Gasteiger partial charge in [0.1, 0.15) is 11.4 Å². The van der Waals surface area contributed by atoms with Crippen molar-refractivity contribution in [3.8, 4) is 0 Å². The summed E-state index contributed by atoms with van der Waals surface area (Å²) in [4.78, 5) is 2.07. The van der Waals surface area contributed by atoms with Gasteiger partial charge < -0.3 is 19.7 Å². The van der Waals surface area contributed by atoms with E-state index in [1.807, 2.05) is 14.1 Å². The van der Waals surface area contributed by atoms with Crippen molar-refractivity contribution in [1.82, 2.24) is 5.32 Å². The minimum Gasteiger partial charge on any atom is -0.466 e. The molecular weight excluding hydrogens is 252 g/mol. The Morgan fingerprint density at radius 1 is 1.20 bits per heavy atom. The number of hydrogen-bond acceptors (Lipinski definition) is 4. The molecule has 1 atom stereocenters. The maximum Gasteiger partial charge on any atom is 0.136 e. The number of nitrogens with zero attached hydrogens (tertiary/aromatic N) is 1. The Balaban J connectivity index is 1.86. The molecule has 1 unspecified atom stereocenters. The molecule has 0 spiro atoms. The van der Waals surface area contributed by atoms with E-state index in [1.54, 1.807) is 25.3 Å². The van der Waals surface area contributed by atoms with Crippen LogP contribution >= 0.6 is 0 Å². The van der Waals surface area contributed by atoms with Crippen LogP contribution in [0.15, 0.2) is 47.1 Å². The molecule has 4 nitrogen and oxygen atoms in total. The molecule has 2 rings (SSSR count). The van der Waals surface area contributed by atoms with Crippen LogP contribution in [0.5, 0.6) is 0 Å². The SMILES string of the molecule is CN(C)c1ccc(CNCC(C)(O)c2ccco2)cc1. The van der Waals surface area contributed by atoms with E-state index in [0.717, 1.165) is 0 Å². The van der Waals surface area contributed by atoms with Gasteiger partial charge in [0.25, 0.3) is 0 Å². The molecule has 2 aromatic rings. The molecule has 4 heteroatoms. The zero-order valence-corrected chi connectivity index (χ0v) is 12.3. The van der Waals surface area contributed by atoms with Gasteiger partial charge in [-0.3, -0.25) is 0 Å². The number of anilines is 1. The number of furan rings is 1. The Kier molecular flexibility index (Phi) is 4.47. The molecule has 0 amide bonds. The molecule has 0 saturated carbocycles. The molecule has 0 aliphatic rings. The van der Waals surface area contributed by atoms with Gasteiger partial charge in [0.05, 0.1) is 6.26 Å². The standard InChI is InChI=1S/C16H22N2O2/c1-16(19,15-5-4-10-20-15)12-17-11-13-6-8-14(9-7-13)18(2)3/h4-10,17,19H,11-12H2,1-3H3. The minimum absolute atomic E-state index is 0.440. The topological polar surface area (TPSA) is 48.6 Å². The highest BCUT2D eigenvalue weighted by Crippen LogP contribution is 2.20. The molecule has 0 radical (unpaired) electrons. The monoisotopic (exact) mass is 274 g/mol. The molecule has 1 aromatic heterocycles. The fraction of sp³-hybridized carbons (Fsp3) is 0.375. The second kappa shape index (κ2) is 6.11. The molecule has 0 saturated heterocycles. The normalized spacial score (nSPS) is 14.0. The predicted molar refractivity (Wildman–Crippen MR) is 80.8 cm³/mol. The van der Waals surface area contributed by atoms with Crippen LogP contribution in [-0.2, 0) is 12.1 Å². The summed E-state index contributed by atoms with van der Waals surface area (Å²) in [5, 5.41) is 13.6. The summed E-state index contributed by atoms with van der Waals surface area (Å²) in [6.07, 6.45) is 1.57. The van der Waals surface area contributed by atoms with Gasteiger partial charge in [0.15, 0.2) is 0 Å². The lowest BCUT2D eigenvalue weighted by atomic mass is 10.0. The molecule has 108 valence electrons. The van der Waals surface area contributed by atoms with Crippen LogP contribution in [-0.4, -0.2) is 25.7 Å². The minimum atomic E-state index is -0.993. The highest BCUT2D eigenvalue weighted by Gasteiger charge is 2.25. The first-order valence-electron chi connectivity index (χ1n) is 6.72. The number of rotatable bonds is 6. The lowest BCUT2D eigenvalue weighted by Crippen LogP contribution is -2.34. The zero-order chi connectivity index (χ0) is 14.6. The van der Waals surface area contributed by atoms with Crippen molar-refractivity contribution in [3.05, 3.63) is 54.0 Å². The van der Waals surface area contributed by atoms with Crippen LogP contribution in [0.25, 0.3) is 0 Å².